The number of aliphatic carboxylic acids is 1. The van der Waals surface area contributed by atoms with Crippen LogP contribution in [0.15, 0.2) is 23.3 Å². The third-order valence-corrected chi connectivity index (χ3v) is 2.12. The minimum atomic E-state index is -1.45. The maximum absolute atomic E-state index is 10.4. The Morgan fingerprint density at radius 3 is 2.43 bits per heavy atom. The van der Waals surface area contributed by atoms with Crippen LogP contribution in [-0.4, -0.2) is 28.4 Å². The van der Waals surface area contributed by atoms with Crippen molar-refractivity contribution in [3.05, 3.63) is 23.3 Å². The first kappa shape index (κ1) is 13.9. The van der Waals surface area contributed by atoms with Gasteiger partial charge in [0.05, 0.1) is 5.97 Å². The molecule has 0 saturated heterocycles. The van der Waals surface area contributed by atoms with Crippen molar-refractivity contribution in [1.29, 1.82) is 0 Å². The summed E-state index contributed by atoms with van der Waals surface area (Å²) in [4.78, 5) is 10.4. The van der Waals surface area contributed by atoms with Crippen LogP contribution in [0.3, 0.4) is 0 Å². The Balaban J connectivity index is 0.00000169. The minimum Gasteiger partial charge on any atom is -0.545 e. The Labute approximate surface area is 104 Å². The maximum Gasteiger partial charge on any atom is 1.00 e. The molecule has 72 valence electrons. The monoisotopic (exact) mass is 206 g/mol. The first-order chi connectivity index (χ1) is 6.07. The molecule has 0 spiro atoms. The van der Waals surface area contributed by atoms with Gasteiger partial charge in [0.1, 0.15) is 12.2 Å². The van der Waals surface area contributed by atoms with Crippen LogP contribution in [-0.2, 0) is 4.79 Å². The Hall–Kier alpha value is -0.130. The zero-order chi connectivity index (χ0) is 10.0. The summed E-state index contributed by atoms with van der Waals surface area (Å²) in [5.74, 6) is -1.45. The average Bonchev–Trinajstić information content (AvgIpc) is 2.09. The molecule has 0 bridgehead atoms. The van der Waals surface area contributed by atoms with Crippen LogP contribution < -0.4 is 34.7 Å². The molecule has 2 N–H and O–H groups in total. The molecule has 1 rings (SSSR count). The molecule has 0 heterocycles. The van der Waals surface area contributed by atoms with Crippen LogP contribution in [0.1, 0.15) is 13.3 Å². The number of carboxylic acids is 1. The van der Waals surface area contributed by atoms with Crippen LogP contribution in [0, 0.1) is 0 Å². The molecule has 0 amide bonds. The van der Waals surface area contributed by atoms with E-state index in [0.29, 0.717) is 12.0 Å². The van der Waals surface area contributed by atoms with Gasteiger partial charge in [-0.15, -0.1) is 0 Å². The fourth-order valence-electron chi connectivity index (χ4n) is 1.28. The Bertz CT molecular complexity index is 283. The zero-order valence-electron chi connectivity index (χ0n) is 8.23. The van der Waals surface area contributed by atoms with Crippen molar-refractivity contribution in [2.45, 2.75) is 25.6 Å². The number of aliphatic hydroxyl groups is 2. The fourth-order valence-corrected chi connectivity index (χ4v) is 1.28. The molecule has 0 aromatic carbocycles. The standard InChI is InChI=1S/C9H12O4.Na/c1-2-5-3-4-6(9(12)13)8(11)7(5)10;/h3-4,7-8,10-11H,2H2,1H3,(H,12,13);/q;+1/p-1/t7-,8+;/m0./s1. The number of carboxylic acid groups (broad SMARTS) is 1. The van der Waals surface area contributed by atoms with E-state index in [1.165, 1.54) is 12.2 Å². The molecule has 0 fully saturated rings. The first-order valence-electron chi connectivity index (χ1n) is 4.06. The number of carbonyl (C=O) groups excluding carboxylic acids is 1. The third-order valence-electron chi connectivity index (χ3n) is 2.12. The van der Waals surface area contributed by atoms with Gasteiger partial charge in [0.15, 0.2) is 0 Å². The summed E-state index contributed by atoms with van der Waals surface area (Å²) < 4.78 is 0. The Morgan fingerprint density at radius 1 is 1.43 bits per heavy atom. The van der Waals surface area contributed by atoms with E-state index in [0.717, 1.165) is 0 Å². The summed E-state index contributed by atoms with van der Waals surface area (Å²) in [6, 6.07) is 0. The molecule has 14 heavy (non-hydrogen) atoms. The van der Waals surface area contributed by atoms with Crippen molar-refractivity contribution in [3.63, 3.8) is 0 Å². The van der Waals surface area contributed by atoms with Gasteiger partial charge in [-0.1, -0.05) is 19.1 Å². The van der Waals surface area contributed by atoms with Crippen LogP contribution in [0.4, 0.5) is 0 Å². The number of hydrogen-bond donors (Lipinski definition) is 2. The van der Waals surface area contributed by atoms with Crippen molar-refractivity contribution in [2.24, 2.45) is 0 Å². The van der Waals surface area contributed by atoms with E-state index in [1.807, 2.05) is 6.92 Å². The summed E-state index contributed by atoms with van der Waals surface area (Å²) >= 11 is 0. The van der Waals surface area contributed by atoms with E-state index >= 15 is 0 Å². The predicted octanol–water partition coefficient (Wildman–Crippen LogP) is -4.26. The van der Waals surface area contributed by atoms with E-state index in [9.17, 15) is 20.1 Å². The predicted molar refractivity (Wildman–Crippen MR) is 43.5 cm³/mol. The maximum atomic E-state index is 10.4. The smallest absolute Gasteiger partial charge is 0.545 e. The first-order valence-corrected chi connectivity index (χ1v) is 4.06. The van der Waals surface area contributed by atoms with Crippen molar-refractivity contribution in [1.82, 2.24) is 0 Å². The van der Waals surface area contributed by atoms with Gasteiger partial charge in [0, 0.05) is 5.57 Å². The van der Waals surface area contributed by atoms with Gasteiger partial charge in [-0.3, -0.25) is 0 Å². The number of rotatable bonds is 2. The van der Waals surface area contributed by atoms with Gasteiger partial charge in [-0.05, 0) is 12.0 Å². The zero-order valence-corrected chi connectivity index (χ0v) is 10.2. The van der Waals surface area contributed by atoms with Crippen molar-refractivity contribution in [2.75, 3.05) is 0 Å². The molecule has 0 saturated carbocycles. The van der Waals surface area contributed by atoms with Crippen LogP contribution >= 0.6 is 0 Å². The molecule has 0 aliphatic heterocycles. The van der Waals surface area contributed by atoms with Crippen LogP contribution in [0.5, 0.6) is 0 Å². The molecule has 1 aliphatic carbocycles. The van der Waals surface area contributed by atoms with E-state index in [4.69, 9.17) is 0 Å². The summed E-state index contributed by atoms with van der Waals surface area (Å²) in [7, 11) is 0. The summed E-state index contributed by atoms with van der Waals surface area (Å²) in [5, 5.41) is 29.2. The molecule has 4 nitrogen and oxygen atoms in total. The Morgan fingerprint density at radius 2 is 2.00 bits per heavy atom. The van der Waals surface area contributed by atoms with Crippen molar-refractivity contribution < 1.29 is 49.7 Å². The van der Waals surface area contributed by atoms with Crippen molar-refractivity contribution >= 4 is 5.97 Å². The van der Waals surface area contributed by atoms with Crippen LogP contribution in [0.2, 0.25) is 0 Å². The van der Waals surface area contributed by atoms with E-state index in [-0.39, 0.29) is 35.1 Å². The second-order valence-electron chi connectivity index (χ2n) is 2.89. The number of aliphatic hydroxyl groups excluding tert-OH is 2. The molecular weight excluding hydrogens is 195 g/mol. The van der Waals surface area contributed by atoms with Crippen LogP contribution in [0.25, 0.3) is 0 Å². The normalized spacial score (nSPS) is 25.9. The molecule has 0 aromatic heterocycles. The minimum absolute atomic E-state index is 0. The fraction of sp³-hybridized carbons (Fsp3) is 0.444. The molecule has 5 heteroatoms. The van der Waals surface area contributed by atoms with E-state index < -0.39 is 18.2 Å². The van der Waals surface area contributed by atoms with Gasteiger partial charge in [-0.25, -0.2) is 0 Å². The van der Waals surface area contributed by atoms with Gasteiger partial charge in [0.2, 0.25) is 0 Å². The largest absolute Gasteiger partial charge is 1.00 e. The van der Waals surface area contributed by atoms with Gasteiger partial charge in [0.25, 0.3) is 0 Å². The molecular formula is C9H11NaO4. The molecule has 1 aliphatic rings. The molecule has 0 aromatic rings. The quantitative estimate of drug-likeness (QED) is 0.448. The second-order valence-corrected chi connectivity index (χ2v) is 2.89. The number of hydrogen-bond acceptors (Lipinski definition) is 4. The average molecular weight is 206 g/mol. The SMILES string of the molecule is CCC1=CC=C(C(=O)[O-])[C@@H](O)[C@H]1O.[Na+]. The third kappa shape index (κ3) is 2.68. The second kappa shape index (κ2) is 5.68. The van der Waals surface area contributed by atoms with Gasteiger partial charge < -0.3 is 20.1 Å². The topological polar surface area (TPSA) is 80.6 Å². The summed E-state index contributed by atoms with van der Waals surface area (Å²) in [6.45, 7) is 1.82. The Kier molecular flexibility index (Phi) is 5.63. The number of carbonyl (C=O) groups is 1. The number of allylic oxidation sites excluding steroid dienone is 2. The summed E-state index contributed by atoms with van der Waals surface area (Å²) in [6.07, 6.45) is 0.858. The van der Waals surface area contributed by atoms with E-state index in [1.54, 1.807) is 0 Å². The molecule has 0 radical (unpaired) electrons. The van der Waals surface area contributed by atoms with Crippen molar-refractivity contribution in [3.8, 4) is 0 Å². The summed E-state index contributed by atoms with van der Waals surface area (Å²) in [5.41, 5.74) is 0.349. The molecule has 0 unspecified atom stereocenters. The molecule has 2 atom stereocenters. The van der Waals surface area contributed by atoms with E-state index in [2.05, 4.69) is 0 Å². The van der Waals surface area contributed by atoms with Gasteiger partial charge >= 0.3 is 29.6 Å². The van der Waals surface area contributed by atoms with Gasteiger partial charge in [-0.2, -0.15) is 0 Å².